The Morgan fingerprint density at radius 1 is 1.32 bits per heavy atom. The van der Waals surface area contributed by atoms with Gasteiger partial charge in [-0.1, -0.05) is 17.8 Å². The van der Waals surface area contributed by atoms with Gasteiger partial charge in [0.1, 0.15) is 0 Å². The van der Waals surface area contributed by atoms with Crippen LogP contribution in [0.5, 0.6) is 0 Å². The maximum absolute atomic E-state index is 12.6. The highest BCUT2D eigenvalue weighted by Crippen LogP contribution is 2.24. The fourth-order valence-corrected chi connectivity index (χ4v) is 3.65. The highest BCUT2D eigenvalue weighted by molar-refractivity contribution is 8.00. The Morgan fingerprint density at radius 3 is 2.77 bits per heavy atom. The number of hydrogen-bond donors (Lipinski definition) is 0. The average molecular weight is 320 g/mol. The van der Waals surface area contributed by atoms with Gasteiger partial charge in [-0.15, -0.1) is 10.2 Å². The van der Waals surface area contributed by atoms with E-state index in [1.54, 1.807) is 0 Å². The molecule has 1 saturated heterocycles. The van der Waals surface area contributed by atoms with Crippen LogP contribution in [0.3, 0.4) is 0 Å². The first-order valence-corrected chi connectivity index (χ1v) is 8.33. The van der Waals surface area contributed by atoms with Gasteiger partial charge in [-0.25, -0.2) is 0 Å². The summed E-state index contributed by atoms with van der Waals surface area (Å²) in [6.07, 6.45) is 2.07. The Kier molecular flexibility index (Phi) is 4.35. The van der Waals surface area contributed by atoms with E-state index in [9.17, 15) is 4.79 Å². The number of carbonyl (C=O) groups is 1. The topological polar surface area (TPSA) is 59.7 Å². The number of amides is 1. The minimum Gasteiger partial charge on any atom is -0.372 e. The number of fused-ring (bicyclic) bond motifs is 1. The van der Waals surface area contributed by atoms with Crippen LogP contribution in [0.1, 0.15) is 20.8 Å². The molecule has 0 aromatic carbocycles. The maximum Gasteiger partial charge on any atom is 0.236 e. The molecule has 1 aliphatic heterocycles. The zero-order valence-corrected chi connectivity index (χ0v) is 13.8. The minimum absolute atomic E-state index is 0.0822. The van der Waals surface area contributed by atoms with Gasteiger partial charge in [-0.05, 0) is 32.9 Å². The van der Waals surface area contributed by atoms with E-state index in [1.807, 2.05) is 54.5 Å². The van der Waals surface area contributed by atoms with Gasteiger partial charge >= 0.3 is 0 Å². The van der Waals surface area contributed by atoms with Crippen molar-refractivity contribution in [2.24, 2.45) is 0 Å². The molecule has 3 heterocycles. The largest absolute Gasteiger partial charge is 0.372 e. The third kappa shape index (κ3) is 3.10. The number of ether oxygens (including phenoxy) is 1. The van der Waals surface area contributed by atoms with E-state index in [1.165, 1.54) is 11.8 Å². The van der Waals surface area contributed by atoms with Gasteiger partial charge in [0.15, 0.2) is 10.8 Å². The van der Waals surface area contributed by atoms with E-state index < -0.39 is 0 Å². The molecule has 7 heteroatoms. The van der Waals surface area contributed by atoms with Gasteiger partial charge in [0.05, 0.1) is 17.5 Å². The van der Waals surface area contributed by atoms with Crippen LogP contribution < -0.4 is 0 Å². The zero-order valence-electron chi connectivity index (χ0n) is 13.0. The van der Waals surface area contributed by atoms with Crippen LogP contribution in [0.25, 0.3) is 5.65 Å². The number of nitrogens with zero attached hydrogens (tertiary/aromatic N) is 4. The minimum atomic E-state index is -0.204. The Bertz CT molecular complexity index is 664. The summed E-state index contributed by atoms with van der Waals surface area (Å²) in [5, 5.41) is 8.83. The van der Waals surface area contributed by atoms with E-state index in [0.29, 0.717) is 13.1 Å². The van der Waals surface area contributed by atoms with Crippen LogP contribution in [0.15, 0.2) is 29.6 Å². The van der Waals surface area contributed by atoms with Gasteiger partial charge in [-0.2, -0.15) is 0 Å². The molecule has 118 valence electrons. The van der Waals surface area contributed by atoms with Gasteiger partial charge in [0.25, 0.3) is 0 Å². The maximum atomic E-state index is 12.6. The molecule has 6 nitrogen and oxygen atoms in total. The predicted octanol–water partition coefficient (Wildman–Crippen LogP) is 1.85. The number of carbonyl (C=O) groups excluding carboxylic acids is 1. The molecular formula is C15H20N4O2S. The van der Waals surface area contributed by atoms with Crippen LogP contribution in [0.2, 0.25) is 0 Å². The standard InChI is InChI=1S/C15H20N4O2S/c1-10-8-18(9-11(2)21-10)14(20)12(3)22-15-17-16-13-6-4-5-7-19(13)15/h4-7,10-12H,8-9H2,1-3H3/t10-,11-,12-/m1/s1. The molecule has 1 fully saturated rings. The summed E-state index contributed by atoms with van der Waals surface area (Å²) in [5.41, 5.74) is 0.790. The van der Waals surface area contributed by atoms with E-state index in [-0.39, 0.29) is 23.4 Å². The molecule has 2 aromatic heterocycles. The van der Waals surface area contributed by atoms with Crippen molar-refractivity contribution >= 4 is 23.3 Å². The van der Waals surface area contributed by atoms with Gasteiger partial charge in [0.2, 0.25) is 5.91 Å². The number of morpholine rings is 1. The predicted molar refractivity (Wildman–Crippen MR) is 84.9 cm³/mol. The number of thioether (sulfide) groups is 1. The molecule has 0 radical (unpaired) electrons. The number of aromatic nitrogens is 3. The van der Waals surface area contributed by atoms with Gasteiger partial charge in [-0.3, -0.25) is 9.20 Å². The van der Waals surface area contributed by atoms with Crippen LogP contribution in [0.4, 0.5) is 0 Å². The zero-order chi connectivity index (χ0) is 15.7. The number of pyridine rings is 1. The van der Waals surface area contributed by atoms with Crippen molar-refractivity contribution in [3.8, 4) is 0 Å². The summed E-state index contributed by atoms with van der Waals surface area (Å²) in [4.78, 5) is 14.5. The average Bonchev–Trinajstić information content (AvgIpc) is 2.89. The van der Waals surface area contributed by atoms with Crippen molar-refractivity contribution in [3.05, 3.63) is 24.4 Å². The lowest BCUT2D eigenvalue weighted by atomic mass is 10.2. The quantitative estimate of drug-likeness (QED) is 0.808. The van der Waals surface area contributed by atoms with Crippen molar-refractivity contribution < 1.29 is 9.53 Å². The molecule has 0 aliphatic carbocycles. The lowest BCUT2D eigenvalue weighted by Gasteiger charge is -2.36. The SMILES string of the molecule is C[C@@H]1CN(C(=O)[C@@H](C)Sc2nnc3ccccn23)C[C@@H](C)O1. The van der Waals surface area contributed by atoms with Crippen LogP contribution in [0, 0.1) is 0 Å². The van der Waals surface area contributed by atoms with Crippen molar-refractivity contribution in [1.29, 1.82) is 0 Å². The number of hydrogen-bond acceptors (Lipinski definition) is 5. The molecule has 2 aromatic rings. The molecule has 0 unspecified atom stereocenters. The highest BCUT2D eigenvalue weighted by atomic mass is 32.2. The normalized spacial score (nSPS) is 23.7. The summed E-state index contributed by atoms with van der Waals surface area (Å²) in [6.45, 7) is 7.21. The molecule has 3 rings (SSSR count). The summed E-state index contributed by atoms with van der Waals surface area (Å²) in [5.74, 6) is 0.125. The smallest absolute Gasteiger partial charge is 0.236 e. The molecular weight excluding hydrogens is 300 g/mol. The summed E-state index contributed by atoms with van der Waals surface area (Å²) in [6, 6.07) is 5.75. The molecule has 0 saturated carbocycles. The van der Waals surface area contributed by atoms with E-state index in [0.717, 1.165) is 10.8 Å². The lowest BCUT2D eigenvalue weighted by molar-refractivity contribution is -0.142. The fourth-order valence-electron chi connectivity index (χ4n) is 2.72. The van der Waals surface area contributed by atoms with Crippen molar-refractivity contribution in [1.82, 2.24) is 19.5 Å². The highest BCUT2D eigenvalue weighted by Gasteiger charge is 2.29. The molecule has 0 bridgehead atoms. The molecule has 3 atom stereocenters. The number of rotatable bonds is 3. The molecule has 0 spiro atoms. The van der Waals surface area contributed by atoms with Crippen LogP contribution in [-0.4, -0.2) is 56.0 Å². The van der Waals surface area contributed by atoms with Gasteiger partial charge in [0, 0.05) is 19.3 Å². The van der Waals surface area contributed by atoms with Crippen LogP contribution in [-0.2, 0) is 9.53 Å². The summed E-state index contributed by atoms with van der Waals surface area (Å²) < 4.78 is 7.58. The first-order valence-electron chi connectivity index (χ1n) is 7.45. The first-order chi connectivity index (χ1) is 10.5. The van der Waals surface area contributed by atoms with E-state index >= 15 is 0 Å². The third-order valence-electron chi connectivity index (χ3n) is 3.64. The van der Waals surface area contributed by atoms with Crippen molar-refractivity contribution in [2.75, 3.05) is 13.1 Å². The Hall–Kier alpha value is -1.60. The fraction of sp³-hybridized carbons (Fsp3) is 0.533. The van der Waals surface area contributed by atoms with Crippen LogP contribution >= 0.6 is 11.8 Å². The van der Waals surface area contributed by atoms with E-state index in [2.05, 4.69) is 10.2 Å². The third-order valence-corrected chi connectivity index (χ3v) is 4.69. The van der Waals surface area contributed by atoms with Crippen molar-refractivity contribution in [3.63, 3.8) is 0 Å². The Labute approximate surface area is 133 Å². The van der Waals surface area contributed by atoms with Crippen molar-refractivity contribution in [2.45, 2.75) is 43.4 Å². The summed E-state index contributed by atoms with van der Waals surface area (Å²) >= 11 is 1.44. The Morgan fingerprint density at radius 2 is 2.05 bits per heavy atom. The molecule has 1 amide bonds. The molecule has 1 aliphatic rings. The second kappa shape index (κ2) is 6.26. The van der Waals surface area contributed by atoms with Gasteiger partial charge < -0.3 is 9.64 Å². The molecule has 22 heavy (non-hydrogen) atoms. The first kappa shape index (κ1) is 15.3. The second-order valence-electron chi connectivity index (χ2n) is 5.67. The monoisotopic (exact) mass is 320 g/mol. The Balaban J connectivity index is 1.71. The van der Waals surface area contributed by atoms with E-state index in [4.69, 9.17) is 4.74 Å². The second-order valence-corrected chi connectivity index (χ2v) is 6.98. The molecule has 0 N–H and O–H groups in total. The summed E-state index contributed by atoms with van der Waals surface area (Å²) in [7, 11) is 0. The lowest BCUT2D eigenvalue weighted by Crippen LogP contribution is -2.50.